The number of nitriles is 1. The van der Waals surface area contributed by atoms with Crippen molar-refractivity contribution in [3.63, 3.8) is 0 Å². The highest BCUT2D eigenvalue weighted by Crippen LogP contribution is 2.40. The van der Waals surface area contributed by atoms with Crippen LogP contribution in [0.5, 0.6) is 11.5 Å². The Bertz CT molecular complexity index is 1780. The minimum Gasteiger partial charge on any atom is -0.492 e. The van der Waals surface area contributed by atoms with Gasteiger partial charge in [0.2, 0.25) is 0 Å². The van der Waals surface area contributed by atoms with E-state index in [0.29, 0.717) is 42.5 Å². The minimum absolute atomic E-state index is 0.186. The summed E-state index contributed by atoms with van der Waals surface area (Å²) >= 11 is 6.30. The topological polar surface area (TPSA) is 122 Å². The number of nitrogens with one attached hydrogen (secondary N) is 1. The second-order valence-electron chi connectivity index (χ2n) is 9.60. The zero-order valence-electron chi connectivity index (χ0n) is 21.7. The van der Waals surface area contributed by atoms with Crippen molar-refractivity contribution in [2.24, 2.45) is 0 Å². The average Bonchev–Trinajstić information content (AvgIpc) is 3.53. The van der Waals surface area contributed by atoms with Crippen LogP contribution in [0.3, 0.4) is 0 Å². The Morgan fingerprint density at radius 3 is 2.63 bits per heavy atom. The number of nitrogen functional groups attached to an aromatic ring is 1. The lowest BCUT2D eigenvalue weighted by atomic mass is 9.92. The van der Waals surface area contributed by atoms with Gasteiger partial charge in [-0.25, -0.2) is 9.18 Å². The minimum atomic E-state index is -0.542. The Balaban J connectivity index is 1.26. The molecule has 0 spiro atoms. The summed E-state index contributed by atoms with van der Waals surface area (Å²) in [6, 6.07) is 20.0. The van der Waals surface area contributed by atoms with Gasteiger partial charge in [-0.1, -0.05) is 23.7 Å². The van der Waals surface area contributed by atoms with Crippen molar-refractivity contribution >= 4 is 34.4 Å². The molecule has 1 amide bonds. The summed E-state index contributed by atoms with van der Waals surface area (Å²) in [5.74, 6) is 0.665. The largest absolute Gasteiger partial charge is 0.492 e. The first kappa shape index (κ1) is 26.2. The van der Waals surface area contributed by atoms with Crippen LogP contribution in [0.25, 0.3) is 10.9 Å². The van der Waals surface area contributed by atoms with E-state index in [1.165, 1.54) is 24.3 Å². The molecule has 0 saturated heterocycles. The zero-order chi connectivity index (χ0) is 28.5. The van der Waals surface area contributed by atoms with Gasteiger partial charge >= 0.3 is 6.09 Å². The van der Waals surface area contributed by atoms with Gasteiger partial charge in [-0.3, -0.25) is 9.58 Å². The van der Waals surface area contributed by atoms with E-state index in [4.69, 9.17) is 32.1 Å². The number of benzene rings is 3. The number of ether oxygens (including phenoxy) is 2. The standard InChI is InChI=1S/C30H24ClFN6O3/c31-20-3-10-26-25(15-20)24-11-12-38(30(39)41-23-8-4-21(32)5-9-23)28(27(24)35-26)18-1-6-22(7-2-18)40-14-13-37-17-19(16-33)29(34)36-37/h1-10,15,17,28,35H,11-14H2,(H2,34,36)/t28-/m0/s1. The second kappa shape index (κ2) is 10.9. The predicted molar refractivity (Wildman–Crippen MR) is 151 cm³/mol. The third kappa shape index (κ3) is 5.27. The van der Waals surface area contributed by atoms with Crippen molar-refractivity contribution in [2.75, 3.05) is 18.9 Å². The van der Waals surface area contributed by atoms with E-state index in [1.54, 1.807) is 15.8 Å². The maximum absolute atomic E-state index is 13.4. The number of anilines is 1. The first-order chi connectivity index (χ1) is 19.9. The van der Waals surface area contributed by atoms with E-state index >= 15 is 0 Å². The number of hydrogen-bond acceptors (Lipinski definition) is 6. The highest BCUT2D eigenvalue weighted by Gasteiger charge is 2.35. The molecule has 1 aliphatic heterocycles. The van der Waals surface area contributed by atoms with Gasteiger partial charge in [-0.15, -0.1) is 0 Å². The number of halogens is 2. The van der Waals surface area contributed by atoms with E-state index < -0.39 is 18.0 Å². The van der Waals surface area contributed by atoms with Crippen molar-refractivity contribution in [1.82, 2.24) is 19.7 Å². The van der Waals surface area contributed by atoms with Gasteiger partial charge in [0.1, 0.15) is 41.6 Å². The number of hydrogen-bond donors (Lipinski definition) is 2. The number of H-pyrrole nitrogens is 1. The molecule has 1 aliphatic rings. The molecular formula is C30H24ClFN6O3. The summed E-state index contributed by atoms with van der Waals surface area (Å²) in [7, 11) is 0. The number of nitrogens with zero attached hydrogens (tertiary/aromatic N) is 4. The van der Waals surface area contributed by atoms with E-state index in [9.17, 15) is 9.18 Å². The lowest BCUT2D eigenvalue weighted by Gasteiger charge is -2.35. The van der Waals surface area contributed by atoms with Crippen LogP contribution in [0.2, 0.25) is 5.02 Å². The third-order valence-corrected chi connectivity index (χ3v) is 7.27. The Morgan fingerprint density at radius 1 is 1.15 bits per heavy atom. The Labute approximate surface area is 239 Å². The van der Waals surface area contributed by atoms with Crippen molar-refractivity contribution in [1.29, 1.82) is 5.26 Å². The molecular weight excluding hydrogens is 547 g/mol. The molecule has 0 saturated carbocycles. The quantitative estimate of drug-likeness (QED) is 0.265. The molecule has 3 heterocycles. The number of amides is 1. The molecule has 9 nitrogen and oxygen atoms in total. The molecule has 3 aromatic carbocycles. The molecule has 41 heavy (non-hydrogen) atoms. The Kier molecular flexibility index (Phi) is 6.95. The summed E-state index contributed by atoms with van der Waals surface area (Å²) in [5.41, 5.74) is 9.78. The van der Waals surface area contributed by atoms with Crippen LogP contribution < -0.4 is 15.2 Å². The molecule has 0 unspecified atom stereocenters. The number of rotatable bonds is 6. The van der Waals surface area contributed by atoms with E-state index in [2.05, 4.69) is 10.1 Å². The predicted octanol–water partition coefficient (Wildman–Crippen LogP) is 5.84. The molecule has 0 fully saturated rings. The lowest BCUT2D eigenvalue weighted by molar-refractivity contribution is 0.135. The Hall–Kier alpha value is -5.01. The van der Waals surface area contributed by atoms with Crippen LogP contribution in [0.15, 0.2) is 72.9 Å². The summed E-state index contributed by atoms with van der Waals surface area (Å²) in [6.45, 7) is 1.14. The third-order valence-electron chi connectivity index (χ3n) is 7.04. The fourth-order valence-electron chi connectivity index (χ4n) is 5.11. The molecule has 11 heteroatoms. The highest BCUT2D eigenvalue weighted by molar-refractivity contribution is 6.31. The molecule has 6 rings (SSSR count). The summed E-state index contributed by atoms with van der Waals surface area (Å²) in [6.07, 6.45) is 1.65. The van der Waals surface area contributed by atoms with Crippen LogP contribution in [-0.4, -0.2) is 38.9 Å². The SMILES string of the molecule is N#Cc1cn(CCOc2ccc([C@H]3c4[nH]c5ccc(Cl)cc5c4CCN3C(=O)Oc3ccc(F)cc3)cc2)nc1N. The number of fused-ring (bicyclic) bond motifs is 3. The lowest BCUT2D eigenvalue weighted by Crippen LogP contribution is -2.42. The van der Waals surface area contributed by atoms with Gasteiger partial charge < -0.3 is 20.2 Å². The smallest absolute Gasteiger partial charge is 0.416 e. The van der Waals surface area contributed by atoms with Gasteiger partial charge in [0, 0.05) is 34.4 Å². The van der Waals surface area contributed by atoms with Gasteiger partial charge in [0.15, 0.2) is 5.82 Å². The number of carbonyl (C=O) groups is 1. The molecule has 0 radical (unpaired) electrons. The number of aromatic amines is 1. The fraction of sp³-hybridized carbons (Fsp3) is 0.167. The van der Waals surface area contributed by atoms with Crippen LogP contribution >= 0.6 is 11.6 Å². The highest BCUT2D eigenvalue weighted by atomic mass is 35.5. The van der Waals surface area contributed by atoms with Crippen LogP contribution in [0.1, 0.15) is 28.4 Å². The molecule has 0 aliphatic carbocycles. The van der Waals surface area contributed by atoms with Gasteiger partial charge in [0.05, 0.1) is 6.54 Å². The summed E-state index contributed by atoms with van der Waals surface area (Å²) in [4.78, 5) is 18.6. The van der Waals surface area contributed by atoms with Crippen molar-refractivity contribution in [3.8, 4) is 17.6 Å². The molecule has 206 valence electrons. The van der Waals surface area contributed by atoms with Crippen molar-refractivity contribution in [3.05, 3.63) is 106 Å². The number of nitrogens with two attached hydrogens (primary N) is 1. The summed E-state index contributed by atoms with van der Waals surface area (Å²) in [5, 5.41) is 14.8. The number of carbonyl (C=O) groups excluding carboxylic acids is 1. The maximum Gasteiger partial charge on any atom is 0.416 e. The van der Waals surface area contributed by atoms with Gasteiger partial charge in [-0.2, -0.15) is 10.4 Å². The molecule has 3 N–H and O–H groups in total. The molecule has 1 atom stereocenters. The zero-order valence-corrected chi connectivity index (χ0v) is 22.4. The number of aromatic nitrogens is 3. The first-order valence-corrected chi connectivity index (χ1v) is 13.3. The average molecular weight is 571 g/mol. The monoisotopic (exact) mass is 570 g/mol. The van der Waals surface area contributed by atoms with E-state index in [0.717, 1.165) is 27.7 Å². The normalized spacial score (nSPS) is 14.5. The molecule has 5 aromatic rings. The first-order valence-electron chi connectivity index (χ1n) is 12.9. The van der Waals surface area contributed by atoms with Gasteiger partial charge in [-0.05, 0) is 72.1 Å². The fourth-order valence-corrected chi connectivity index (χ4v) is 5.28. The second-order valence-corrected chi connectivity index (χ2v) is 10.0. The molecule has 0 bridgehead atoms. The van der Waals surface area contributed by atoms with Gasteiger partial charge in [0.25, 0.3) is 0 Å². The molecule has 2 aromatic heterocycles. The van der Waals surface area contributed by atoms with E-state index in [1.807, 2.05) is 48.5 Å². The Morgan fingerprint density at radius 2 is 1.90 bits per heavy atom. The summed E-state index contributed by atoms with van der Waals surface area (Å²) < 4.78 is 26.5. The maximum atomic E-state index is 13.4. The van der Waals surface area contributed by atoms with Crippen LogP contribution in [-0.2, 0) is 13.0 Å². The van der Waals surface area contributed by atoms with E-state index in [-0.39, 0.29) is 11.6 Å². The van der Waals surface area contributed by atoms with Crippen molar-refractivity contribution in [2.45, 2.75) is 19.0 Å². The van der Waals surface area contributed by atoms with Crippen LogP contribution in [0.4, 0.5) is 15.0 Å². The van der Waals surface area contributed by atoms with Crippen LogP contribution in [0, 0.1) is 17.1 Å². The van der Waals surface area contributed by atoms with Crippen molar-refractivity contribution < 1.29 is 18.7 Å².